The number of carbonyl (C=O) groups excluding carboxylic acids is 1. The summed E-state index contributed by atoms with van der Waals surface area (Å²) in [5, 5.41) is 10.2. The van der Waals surface area contributed by atoms with Crippen molar-refractivity contribution in [2.45, 2.75) is 13.3 Å². The number of oxime groups is 1. The highest BCUT2D eigenvalue weighted by Gasteiger charge is 1.91. The van der Waals surface area contributed by atoms with E-state index in [0.717, 1.165) is 0 Å². The second-order valence-electron chi connectivity index (χ2n) is 1.06. The van der Waals surface area contributed by atoms with Gasteiger partial charge in [-0.2, -0.15) is 0 Å². The fourth-order valence-corrected chi connectivity index (χ4v) is 0.166. The van der Waals surface area contributed by atoms with Crippen molar-refractivity contribution < 1.29 is 14.7 Å². The standard InChI is InChI=1S/C4H7NO3/c1-2-4(6)8-3-5-7/h3,7H,2H2,1H3/b5-3-. The summed E-state index contributed by atoms with van der Waals surface area (Å²) in [6.07, 6.45) is 0.970. The predicted molar refractivity (Wildman–Crippen MR) is 26.7 cm³/mol. The van der Waals surface area contributed by atoms with Crippen molar-refractivity contribution in [3.05, 3.63) is 0 Å². The monoisotopic (exact) mass is 117 g/mol. The second-order valence-corrected chi connectivity index (χ2v) is 1.06. The molecular weight excluding hydrogens is 110 g/mol. The van der Waals surface area contributed by atoms with Crippen molar-refractivity contribution in [3.63, 3.8) is 0 Å². The average Bonchev–Trinajstić information content (AvgIpc) is 1.83. The van der Waals surface area contributed by atoms with Crippen LogP contribution >= 0.6 is 0 Å². The van der Waals surface area contributed by atoms with Crippen LogP contribution in [-0.4, -0.2) is 17.6 Å². The summed E-state index contributed by atoms with van der Waals surface area (Å²) in [6.45, 7) is 1.65. The van der Waals surface area contributed by atoms with Gasteiger partial charge in [-0.3, -0.25) is 4.79 Å². The van der Waals surface area contributed by atoms with Gasteiger partial charge in [0.25, 0.3) is 0 Å². The van der Waals surface area contributed by atoms with Crippen LogP contribution in [0, 0.1) is 0 Å². The molecule has 0 unspecified atom stereocenters. The van der Waals surface area contributed by atoms with Gasteiger partial charge >= 0.3 is 5.97 Å². The highest BCUT2D eigenvalue weighted by Crippen LogP contribution is 1.78. The summed E-state index contributed by atoms with van der Waals surface area (Å²) in [4.78, 5) is 10.1. The number of hydrogen-bond donors (Lipinski definition) is 1. The van der Waals surface area contributed by atoms with Crippen molar-refractivity contribution in [2.75, 3.05) is 0 Å². The van der Waals surface area contributed by atoms with E-state index >= 15 is 0 Å². The fraction of sp³-hybridized carbons (Fsp3) is 0.500. The van der Waals surface area contributed by atoms with E-state index in [2.05, 4.69) is 9.89 Å². The molecule has 4 heteroatoms. The number of hydrogen-bond acceptors (Lipinski definition) is 4. The third-order valence-electron chi connectivity index (χ3n) is 0.520. The summed E-state index contributed by atoms with van der Waals surface area (Å²) in [6, 6.07) is 0. The Labute approximate surface area is 46.8 Å². The van der Waals surface area contributed by atoms with Crippen molar-refractivity contribution in [3.8, 4) is 0 Å². The molecule has 4 nitrogen and oxygen atoms in total. The van der Waals surface area contributed by atoms with Gasteiger partial charge in [0.05, 0.1) is 0 Å². The number of rotatable bonds is 2. The average molecular weight is 117 g/mol. The minimum atomic E-state index is -0.414. The summed E-state index contributed by atoms with van der Waals surface area (Å²) in [5.41, 5.74) is 0. The third-order valence-corrected chi connectivity index (χ3v) is 0.520. The zero-order valence-electron chi connectivity index (χ0n) is 4.50. The molecule has 0 aliphatic rings. The molecule has 0 saturated heterocycles. The van der Waals surface area contributed by atoms with E-state index in [1.165, 1.54) is 0 Å². The second kappa shape index (κ2) is 4.11. The third kappa shape index (κ3) is 3.14. The van der Waals surface area contributed by atoms with Gasteiger partial charge in [0.1, 0.15) is 0 Å². The smallest absolute Gasteiger partial charge is 0.311 e. The zero-order valence-corrected chi connectivity index (χ0v) is 4.50. The number of ether oxygens (including phenoxy) is 1. The van der Waals surface area contributed by atoms with Gasteiger partial charge in [-0.25, -0.2) is 0 Å². The molecule has 0 fully saturated rings. The summed E-state index contributed by atoms with van der Waals surface area (Å²) >= 11 is 0. The topological polar surface area (TPSA) is 58.9 Å². The minimum Gasteiger partial charge on any atom is -0.411 e. The molecular formula is C4H7NO3. The highest BCUT2D eigenvalue weighted by molar-refractivity contribution is 5.77. The predicted octanol–water partition coefficient (Wildman–Crippen LogP) is 0.357. The van der Waals surface area contributed by atoms with E-state index in [4.69, 9.17) is 5.21 Å². The lowest BCUT2D eigenvalue weighted by Crippen LogP contribution is -1.99. The first kappa shape index (κ1) is 6.94. The van der Waals surface area contributed by atoms with E-state index in [9.17, 15) is 4.79 Å². The van der Waals surface area contributed by atoms with Crippen molar-refractivity contribution in [2.24, 2.45) is 5.16 Å². The molecule has 0 radical (unpaired) electrons. The van der Waals surface area contributed by atoms with Crippen molar-refractivity contribution in [1.82, 2.24) is 0 Å². The Balaban J connectivity index is 3.25. The Kier molecular flexibility index (Phi) is 3.56. The quantitative estimate of drug-likeness (QED) is 0.187. The summed E-state index contributed by atoms with van der Waals surface area (Å²) < 4.78 is 4.16. The van der Waals surface area contributed by atoms with Gasteiger partial charge in [-0.15, -0.1) is 0 Å². The first-order valence-electron chi connectivity index (χ1n) is 2.16. The SMILES string of the molecule is CCC(=O)O/C=N\O. The fourth-order valence-electron chi connectivity index (χ4n) is 0.166. The van der Waals surface area contributed by atoms with E-state index in [0.29, 0.717) is 6.40 Å². The van der Waals surface area contributed by atoms with E-state index in [1.807, 2.05) is 0 Å². The van der Waals surface area contributed by atoms with E-state index < -0.39 is 5.97 Å². The molecule has 1 N–H and O–H groups in total. The van der Waals surface area contributed by atoms with Gasteiger partial charge in [0.15, 0.2) is 0 Å². The van der Waals surface area contributed by atoms with Crippen LogP contribution in [-0.2, 0) is 9.53 Å². The van der Waals surface area contributed by atoms with Crippen LogP contribution in [0.5, 0.6) is 0 Å². The molecule has 0 amide bonds. The molecule has 46 valence electrons. The van der Waals surface area contributed by atoms with Crippen LogP contribution in [0.4, 0.5) is 0 Å². The van der Waals surface area contributed by atoms with Crippen LogP contribution in [0.15, 0.2) is 5.16 Å². The lowest BCUT2D eigenvalue weighted by atomic mass is 10.5. The van der Waals surface area contributed by atoms with Crippen LogP contribution in [0.25, 0.3) is 0 Å². The van der Waals surface area contributed by atoms with Gasteiger partial charge < -0.3 is 9.94 Å². The molecule has 0 aromatic carbocycles. The maximum absolute atomic E-state index is 10.1. The molecule has 0 bridgehead atoms. The lowest BCUT2D eigenvalue weighted by molar-refractivity contribution is -0.134. The molecule has 0 atom stereocenters. The lowest BCUT2D eigenvalue weighted by Gasteiger charge is -1.88. The largest absolute Gasteiger partial charge is 0.411 e. The minimum absolute atomic E-state index is 0.284. The molecule has 0 aromatic heterocycles. The Bertz CT molecular complexity index is 99.5. The normalized spacial score (nSPS) is 9.62. The molecule has 0 aliphatic carbocycles. The molecule has 0 saturated carbocycles. The number of esters is 1. The highest BCUT2D eigenvalue weighted by atomic mass is 16.6. The van der Waals surface area contributed by atoms with Gasteiger partial charge in [0, 0.05) is 6.42 Å². The van der Waals surface area contributed by atoms with Gasteiger partial charge in [-0.1, -0.05) is 12.1 Å². The van der Waals surface area contributed by atoms with Gasteiger partial charge in [0.2, 0.25) is 6.40 Å². The Morgan fingerprint density at radius 1 is 2.00 bits per heavy atom. The van der Waals surface area contributed by atoms with Crippen LogP contribution in [0.2, 0.25) is 0 Å². The maximum atomic E-state index is 10.1. The zero-order chi connectivity index (χ0) is 6.41. The molecule has 0 spiro atoms. The summed E-state index contributed by atoms with van der Waals surface area (Å²) in [7, 11) is 0. The van der Waals surface area contributed by atoms with Crippen LogP contribution < -0.4 is 0 Å². The van der Waals surface area contributed by atoms with Gasteiger partial charge in [-0.05, 0) is 0 Å². The number of carbonyl (C=O) groups is 1. The van der Waals surface area contributed by atoms with Crippen molar-refractivity contribution in [1.29, 1.82) is 0 Å². The van der Waals surface area contributed by atoms with E-state index in [1.54, 1.807) is 6.92 Å². The Morgan fingerprint density at radius 2 is 2.62 bits per heavy atom. The van der Waals surface area contributed by atoms with Crippen LogP contribution in [0.3, 0.4) is 0 Å². The molecule has 0 aromatic rings. The first-order chi connectivity index (χ1) is 3.81. The summed E-state index contributed by atoms with van der Waals surface area (Å²) in [5.74, 6) is -0.414. The Morgan fingerprint density at radius 3 is 3.00 bits per heavy atom. The molecule has 8 heavy (non-hydrogen) atoms. The first-order valence-corrected chi connectivity index (χ1v) is 2.16. The molecule has 0 heterocycles. The number of nitrogens with zero attached hydrogens (tertiary/aromatic N) is 1. The maximum Gasteiger partial charge on any atom is 0.311 e. The van der Waals surface area contributed by atoms with Crippen LogP contribution in [0.1, 0.15) is 13.3 Å². The van der Waals surface area contributed by atoms with Crippen molar-refractivity contribution >= 4 is 12.4 Å². The molecule has 0 rings (SSSR count). The van der Waals surface area contributed by atoms with E-state index in [-0.39, 0.29) is 6.42 Å². The Hall–Kier alpha value is -1.06. The molecule has 0 aliphatic heterocycles.